The fourth-order valence-corrected chi connectivity index (χ4v) is 5.59. The molecule has 41 heavy (non-hydrogen) atoms. The number of halogens is 1. The van der Waals surface area contributed by atoms with E-state index < -0.39 is 0 Å². The van der Waals surface area contributed by atoms with Crippen molar-refractivity contribution < 1.29 is 18.7 Å². The Morgan fingerprint density at radius 3 is 2.63 bits per heavy atom. The highest BCUT2D eigenvalue weighted by atomic mass is 19.1. The minimum atomic E-state index is -0.361. The molecule has 2 amide bonds. The summed E-state index contributed by atoms with van der Waals surface area (Å²) in [5.74, 6) is -0.307. The molecule has 0 saturated carbocycles. The van der Waals surface area contributed by atoms with E-state index in [1.165, 1.54) is 24.2 Å². The summed E-state index contributed by atoms with van der Waals surface area (Å²) < 4.78 is 24.0. The number of likely N-dealkylation sites (tertiary alicyclic amines) is 1. The lowest BCUT2D eigenvalue weighted by atomic mass is 9.89. The molecule has 1 N–H and O–H groups in total. The maximum Gasteiger partial charge on any atom is 0.247 e. The lowest BCUT2D eigenvalue weighted by Gasteiger charge is -2.30. The number of anilines is 1. The standard InChI is InChI=1S/C28H30FN9O3/c1-17(39)36-9-7-18(8-10-36)28-27-20(21-12-24-19(11-22(21)29)13-30-35(24)2)5-4-6-23(27)37(34-28)15-26(40)32-25-14-31-38(33-25)16-41-3/h4-6,11-14,18H,7-10,15-16H2,1-3H3,(H,32,33,40). The predicted octanol–water partition coefficient (Wildman–Crippen LogP) is 3.29. The molecule has 3 aromatic heterocycles. The van der Waals surface area contributed by atoms with Crippen molar-refractivity contribution in [2.75, 3.05) is 25.5 Å². The average molecular weight is 560 g/mol. The van der Waals surface area contributed by atoms with Gasteiger partial charge in [-0.3, -0.25) is 19.0 Å². The highest BCUT2D eigenvalue weighted by molar-refractivity contribution is 6.00. The molecule has 2 aromatic carbocycles. The van der Waals surface area contributed by atoms with Crippen molar-refractivity contribution in [1.82, 2.24) is 39.5 Å². The number of nitrogens with zero attached hydrogens (tertiary/aromatic N) is 8. The number of carbonyl (C=O) groups is 2. The predicted molar refractivity (Wildman–Crippen MR) is 149 cm³/mol. The van der Waals surface area contributed by atoms with Crippen LogP contribution < -0.4 is 5.32 Å². The number of aryl methyl sites for hydroxylation is 1. The van der Waals surface area contributed by atoms with Crippen LogP contribution in [-0.2, 0) is 34.6 Å². The molecule has 212 valence electrons. The molecule has 0 spiro atoms. The van der Waals surface area contributed by atoms with Crippen LogP contribution in [0.15, 0.2) is 42.7 Å². The number of fused-ring (bicyclic) bond motifs is 2. The molecule has 1 fully saturated rings. The van der Waals surface area contributed by atoms with Gasteiger partial charge in [-0.2, -0.15) is 20.1 Å². The van der Waals surface area contributed by atoms with Gasteiger partial charge in [0.15, 0.2) is 12.5 Å². The Hall–Kier alpha value is -4.65. The minimum Gasteiger partial charge on any atom is -0.361 e. The van der Waals surface area contributed by atoms with Crippen LogP contribution >= 0.6 is 0 Å². The van der Waals surface area contributed by atoms with Crippen molar-refractivity contribution in [3.8, 4) is 11.1 Å². The molecule has 1 aliphatic rings. The highest BCUT2D eigenvalue weighted by Gasteiger charge is 2.28. The first kappa shape index (κ1) is 26.6. The maximum absolute atomic E-state index is 15.6. The Labute approximate surface area is 234 Å². The van der Waals surface area contributed by atoms with Gasteiger partial charge in [-0.05, 0) is 36.6 Å². The topological polar surface area (TPSA) is 125 Å². The maximum atomic E-state index is 15.6. The summed E-state index contributed by atoms with van der Waals surface area (Å²) in [6.07, 6.45) is 4.53. The zero-order valence-corrected chi connectivity index (χ0v) is 23.0. The van der Waals surface area contributed by atoms with E-state index in [9.17, 15) is 9.59 Å². The molecule has 0 radical (unpaired) electrons. The number of ether oxygens (including phenoxy) is 1. The van der Waals surface area contributed by atoms with Crippen molar-refractivity contribution in [1.29, 1.82) is 0 Å². The fraction of sp³-hybridized carbons (Fsp3) is 0.357. The molecule has 0 unspecified atom stereocenters. The van der Waals surface area contributed by atoms with Gasteiger partial charge in [0, 0.05) is 56.4 Å². The van der Waals surface area contributed by atoms with Crippen molar-refractivity contribution in [3.63, 3.8) is 0 Å². The highest BCUT2D eigenvalue weighted by Crippen LogP contribution is 2.39. The number of amides is 2. The van der Waals surface area contributed by atoms with Gasteiger partial charge in [-0.15, -0.1) is 5.10 Å². The van der Waals surface area contributed by atoms with Crippen LogP contribution in [0.1, 0.15) is 31.4 Å². The van der Waals surface area contributed by atoms with Crippen molar-refractivity contribution in [3.05, 3.63) is 54.2 Å². The van der Waals surface area contributed by atoms with Crippen LogP contribution in [0.3, 0.4) is 0 Å². The van der Waals surface area contributed by atoms with Crippen LogP contribution in [0, 0.1) is 5.82 Å². The number of rotatable bonds is 7. The van der Waals surface area contributed by atoms with E-state index in [4.69, 9.17) is 9.84 Å². The Kier molecular flexibility index (Phi) is 6.95. The lowest BCUT2D eigenvalue weighted by molar-refractivity contribution is -0.129. The SMILES string of the molecule is COCn1ncc(NC(=O)Cn2nc(C3CCN(C(C)=O)CC3)c3c(-c4cc5c(cnn5C)cc4F)cccc32)n1. The first-order valence-corrected chi connectivity index (χ1v) is 13.4. The molecule has 0 aliphatic carbocycles. The number of hydrogen-bond donors (Lipinski definition) is 1. The Morgan fingerprint density at radius 2 is 1.88 bits per heavy atom. The lowest BCUT2D eigenvalue weighted by Crippen LogP contribution is -2.36. The van der Waals surface area contributed by atoms with Crippen LogP contribution in [0.4, 0.5) is 10.2 Å². The molecule has 6 rings (SSSR count). The number of hydrogen-bond acceptors (Lipinski definition) is 7. The molecule has 13 heteroatoms. The normalized spacial score (nSPS) is 14.3. The van der Waals surface area contributed by atoms with E-state index in [0.29, 0.717) is 40.9 Å². The Balaban J connectivity index is 1.41. The van der Waals surface area contributed by atoms with E-state index in [1.54, 1.807) is 22.5 Å². The number of aromatic nitrogens is 7. The summed E-state index contributed by atoms with van der Waals surface area (Å²) in [7, 11) is 3.35. The van der Waals surface area contributed by atoms with Gasteiger partial charge in [0.1, 0.15) is 12.4 Å². The van der Waals surface area contributed by atoms with Crippen molar-refractivity contribution in [2.24, 2.45) is 7.05 Å². The first-order chi connectivity index (χ1) is 19.8. The fourth-order valence-electron chi connectivity index (χ4n) is 5.59. The molecular formula is C28H30FN9O3. The molecule has 1 saturated heterocycles. The van der Waals surface area contributed by atoms with Crippen LogP contribution in [0.5, 0.6) is 0 Å². The van der Waals surface area contributed by atoms with Gasteiger partial charge in [0.2, 0.25) is 11.8 Å². The summed E-state index contributed by atoms with van der Waals surface area (Å²) in [5.41, 5.74) is 3.45. The van der Waals surface area contributed by atoms with Crippen LogP contribution in [0.2, 0.25) is 0 Å². The first-order valence-electron chi connectivity index (χ1n) is 13.4. The molecule has 4 heterocycles. The van der Waals surface area contributed by atoms with Gasteiger partial charge in [-0.1, -0.05) is 12.1 Å². The zero-order valence-electron chi connectivity index (χ0n) is 23.0. The van der Waals surface area contributed by atoms with E-state index >= 15 is 4.39 Å². The Bertz CT molecular complexity index is 1760. The molecule has 0 bridgehead atoms. The second kappa shape index (κ2) is 10.7. The monoisotopic (exact) mass is 559 g/mol. The minimum absolute atomic E-state index is 0.0380. The second-order valence-corrected chi connectivity index (χ2v) is 10.3. The van der Waals surface area contributed by atoms with Crippen molar-refractivity contribution in [2.45, 2.75) is 39.0 Å². The van der Waals surface area contributed by atoms with E-state index in [1.807, 2.05) is 36.2 Å². The summed E-state index contributed by atoms with van der Waals surface area (Å²) >= 11 is 0. The number of nitrogens with one attached hydrogen (secondary N) is 1. The van der Waals surface area contributed by atoms with Crippen LogP contribution in [0.25, 0.3) is 32.9 Å². The molecule has 0 atom stereocenters. The summed E-state index contributed by atoms with van der Waals surface area (Å²) in [6.45, 7) is 2.89. The van der Waals surface area contributed by atoms with E-state index in [-0.39, 0.29) is 36.8 Å². The Morgan fingerprint density at radius 1 is 1.07 bits per heavy atom. The summed E-state index contributed by atoms with van der Waals surface area (Å²) in [4.78, 5) is 28.2. The van der Waals surface area contributed by atoms with E-state index in [2.05, 4.69) is 20.6 Å². The third kappa shape index (κ3) is 5.04. The average Bonchev–Trinajstić information content (AvgIpc) is 3.66. The largest absolute Gasteiger partial charge is 0.361 e. The third-order valence-electron chi connectivity index (χ3n) is 7.60. The zero-order chi connectivity index (χ0) is 28.7. The number of methoxy groups -OCH3 is 1. The molecule has 1 aliphatic heterocycles. The van der Waals surface area contributed by atoms with Crippen molar-refractivity contribution >= 4 is 39.4 Å². The third-order valence-corrected chi connectivity index (χ3v) is 7.60. The van der Waals surface area contributed by atoms with Gasteiger partial charge >= 0.3 is 0 Å². The molecule has 5 aromatic rings. The van der Waals surface area contributed by atoms with E-state index in [0.717, 1.165) is 29.4 Å². The summed E-state index contributed by atoms with van der Waals surface area (Å²) in [6, 6.07) is 8.93. The number of benzene rings is 2. The van der Waals surface area contributed by atoms with Gasteiger partial charge in [-0.25, -0.2) is 4.39 Å². The molecule has 12 nitrogen and oxygen atoms in total. The van der Waals surface area contributed by atoms with Gasteiger partial charge in [0.05, 0.1) is 29.1 Å². The number of piperidine rings is 1. The number of carbonyl (C=O) groups excluding carboxylic acids is 2. The van der Waals surface area contributed by atoms with Crippen LogP contribution in [-0.4, -0.2) is 71.5 Å². The van der Waals surface area contributed by atoms with Gasteiger partial charge < -0.3 is 15.0 Å². The molecular weight excluding hydrogens is 529 g/mol. The smallest absolute Gasteiger partial charge is 0.247 e. The van der Waals surface area contributed by atoms with Gasteiger partial charge in [0.25, 0.3) is 0 Å². The second-order valence-electron chi connectivity index (χ2n) is 10.3. The quantitative estimate of drug-likeness (QED) is 0.324. The summed E-state index contributed by atoms with van der Waals surface area (Å²) in [5, 5.41) is 21.7.